The van der Waals surface area contributed by atoms with Gasteiger partial charge in [0, 0.05) is 20.1 Å². The molecule has 190 valence electrons. The molecule has 0 aromatic heterocycles. The van der Waals surface area contributed by atoms with E-state index in [2.05, 4.69) is 62.6 Å². The van der Waals surface area contributed by atoms with E-state index in [1.54, 1.807) is 19.0 Å². The van der Waals surface area contributed by atoms with Crippen molar-refractivity contribution >= 4 is 11.8 Å². The molecule has 2 amide bonds. The lowest BCUT2D eigenvalue weighted by Crippen LogP contribution is -2.55. The summed E-state index contributed by atoms with van der Waals surface area (Å²) >= 11 is 0. The first kappa shape index (κ1) is 33.0. The van der Waals surface area contributed by atoms with Gasteiger partial charge in [0.15, 0.2) is 0 Å². The summed E-state index contributed by atoms with van der Waals surface area (Å²) in [7, 11) is 3.42. The lowest BCUT2D eigenvalue weighted by molar-refractivity contribution is -0.137. The van der Waals surface area contributed by atoms with Crippen molar-refractivity contribution in [2.75, 3.05) is 33.7 Å². The highest BCUT2D eigenvalue weighted by Crippen LogP contribution is 2.21. The van der Waals surface area contributed by atoms with Gasteiger partial charge in [-0.1, -0.05) is 96.9 Å². The van der Waals surface area contributed by atoms with Gasteiger partial charge in [-0.25, -0.2) is 0 Å². The Morgan fingerprint density at radius 3 is 2.00 bits per heavy atom. The Morgan fingerprint density at radius 1 is 1.12 bits per heavy atom. The second kappa shape index (κ2) is 18.3. The summed E-state index contributed by atoms with van der Waals surface area (Å²) < 4.78 is 0. The third kappa shape index (κ3) is 16.1. The quantitative estimate of drug-likeness (QED) is 0.502. The van der Waals surface area contributed by atoms with E-state index in [1.165, 1.54) is 12.0 Å². The van der Waals surface area contributed by atoms with E-state index in [0.29, 0.717) is 19.0 Å². The molecule has 0 saturated carbocycles. The molecule has 0 saturated heterocycles. The first-order valence-corrected chi connectivity index (χ1v) is 11.9. The van der Waals surface area contributed by atoms with Crippen LogP contribution in [-0.4, -0.2) is 56.5 Å². The van der Waals surface area contributed by atoms with Crippen molar-refractivity contribution in [1.82, 2.24) is 15.5 Å². The molecule has 33 heavy (non-hydrogen) atoms. The van der Waals surface area contributed by atoms with Crippen LogP contribution < -0.4 is 16.4 Å². The second-order valence-electron chi connectivity index (χ2n) is 9.64. The Labute approximate surface area is 203 Å². The molecular formula is C27H50N4O2. The molecule has 0 radical (unpaired) electrons. The number of benzene rings is 1. The van der Waals surface area contributed by atoms with Crippen LogP contribution >= 0.6 is 0 Å². The summed E-state index contributed by atoms with van der Waals surface area (Å²) in [5.41, 5.74) is 7.61. The van der Waals surface area contributed by atoms with Crippen molar-refractivity contribution in [3.63, 3.8) is 0 Å². The van der Waals surface area contributed by atoms with Gasteiger partial charge in [0.2, 0.25) is 11.8 Å². The lowest BCUT2D eigenvalue weighted by atomic mass is 9.85. The number of nitrogens with zero attached hydrogens (tertiary/aromatic N) is 1. The molecule has 1 aromatic carbocycles. The summed E-state index contributed by atoms with van der Waals surface area (Å²) in [5.74, 6) is 0.368. The molecule has 0 aliphatic carbocycles. The zero-order valence-electron chi connectivity index (χ0n) is 22.8. The fraction of sp³-hybridized carbons (Fsp3) is 0.630. The van der Waals surface area contributed by atoms with Crippen molar-refractivity contribution < 1.29 is 9.59 Å². The van der Waals surface area contributed by atoms with E-state index in [-0.39, 0.29) is 23.8 Å². The summed E-state index contributed by atoms with van der Waals surface area (Å²) in [6.45, 7) is 17.5. The van der Waals surface area contributed by atoms with Crippen LogP contribution in [0.5, 0.6) is 0 Å². The standard InChI is InChI=1S/C15H30N4O2.C9H12.C3H8/c1-11(9-16)7-8-19(6)14(21)13(15(2,3)4)18-12(20)10-17-5;1-8(2)9-6-4-3-5-7-9;1-3-2/h7,13,17H,8-10,16H2,1-6H3,(H,18,20);3-8H,1-2H3;3H2,1-2H3/b11-7+;;. The lowest BCUT2D eigenvalue weighted by Gasteiger charge is -2.33. The zero-order valence-corrected chi connectivity index (χ0v) is 22.8. The van der Waals surface area contributed by atoms with Crippen LogP contribution in [-0.2, 0) is 9.59 Å². The first-order chi connectivity index (χ1) is 15.3. The number of amides is 2. The minimum Gasteiger partial charge on any atom is -0.343 e. The van der Waals surface area contributed by atoms with E-state index in [4.69, 9.17) is 5.73 Å². The number of nitrogens with one attached hydrogen (secondary N) is 2. The average molecular weight is 463 g/mol. The number of hydrogen-bond donors (Lipinski definition) is 3. The second-order valence-corrected chi connectivity index (χ2v) is 9.64. The van der Waals surface area contributed by atoms with Crippen molar-refractivity contribution in [1.29, 1.82) is 0 Å². The molecule has 1 rings (SSSR count). The maximum atomic E-state index is 12.6. The molecule has 0 fully saturated rings. The number of carbonyl (C=O) groups is 2. The first-order valence-electron chi connectivity index (χ1n) is 11.9. The fourth-order valence-electron chi connectivity index (χ4n) is 2.55. The number of likely N-dealkylation sites (N-methyl/N-ethyl adjacent to an activating group) is 2. The predicted molar refractivity (Wildman–Crippen MR) is 142 cm³/mol. The summed E-state index contributed by atoms with van der Waals surface area (Å²) in [6.07, 6.45) is 3.17. The molecule has 1 unspecified atom stereocenters. The normalized spacial score (nSPS) is 12.1. The van der Waals surface area contributed by atoms with Gasteiger partial charge >= 0.3 is 0 Å². The van der Waals surface area contributed by atoms with E-state index in [1.807, 2.05) is 39.8 Å². The fourth-order valence-corrected chi connectivity index (χ4v) is 2.55. The van der Waals surface area contributed by atoms with Gasteiger partial charge in [-0.2, -0.15) is 0 Å². The van der Waals surface area contributed by atoms with Gasteiger partial charge < -0.3 is 21.3 Å². The summed E-state index contributed by atoms with van der Waals surface area (Å²) in [5, 5.41) is 5.58. The Kier molecular flexibility index (Phi) is 18.3. The Balaban J connectivity index is 0. The Hall–Kier alpha value is -2.18. The molecule has 0 bridgehead atoms. The molecule has 4 N–H and O–H groups in total. The highest BCUT2D eigenvalue weighted by molar-refractivity contribution is 5.89. The molecule has 1 atom stereocenters. The van der Waals surface area contributed by atoms with Gasteiger partial charge in [-0.05, 0) is 30.9 Å². The smallest absolute Gasteiger partial charge is 0.245 e. The van der Waals surface area contributed by atoms with Gasteiger partial charge in [0.1, 0.15) is 6.04 Å². The molecule has 0 spiro atoms. The van der Waals surface area contributed by atoms with Crippen LogP contribution in [0.3, 0.4) is 0 Å². The van der Waals surface area contributed by atoms with Crippen LogP contribution in [0.1, 0.15) is 73.3 Å². The van der Waals surface area contributed by atoms with E-state index < -0.39 is 6.04 Å². The molecule has 1 aromatic rings. The minimum absolute atomic E-state index is 0.104. The van der Waals surface area contributed by atoms with Crippen LogP contribution in [0.15, 0.2) is 42.0 Å². The molecular weight excluding hydrogens is 412 g/mol. The third-order valence-corrected chi connectivity index (χ3v) is 4.63. The number of carbonyl (C=O) groups excluding carboxylic acids is 2. The van der Waals surface area contributed by atoms with Gasteiger partial charge in [-0.15, -0.1) is 0 Å². The number of hydrogen-bond acceptors (Lipinski definition) is 4. The van der Waals surface area contributed by atoms with Crippen LogP contribution in [0.2, 0.25) is 0 Å². The van der Waals surface area contributed by atoms with Gasteiger partial charge in [-0.3, -0.25) is 9.59 Å². The van der Waals surface area contributed by atoms with Crippen molar-refractivity contribution in [3.05, 3.63) is 47.5 Å². The van der Waals surface area contributed by atoms with Crippen LogP contribution in [0.25, 0.3) is 0 Å². The van der Waals surface area contributed by atoms with Crippen molar-refractivity contribution in [3.8, 4) is 0 Å². The maximum Gasteiger partial charge on any atom is 0.245 e. The molecule has 6 heteroatoms. The summed E-state index contributed by atoms with van der Waals surface area (Å²) in [4.78, 5) is 25.9. The predicted octanol–water partition coefficient (Wildman–Crippen LogP) is 4.33. The number of rotatable bonds is 8. The van der Waals surface area contributed by atoms with Gasteiger partial charge in [0.05, 0.1) is 6.54 Å². The van der Waals surface area contributed by atoms with E-state index in [0.717, 1.165) is 5.57 Å². The topological polar surface area (TPSA) is 87.5 Å². The number of nitrogens with two attached hydrogens (primary N) is 1. The monoisotopic (exact) mass is 462 g/mol. The SMILES string of the molecule is CC(C)c1ccccc1.CCC.CNCC(=O)NC(C(=O)N(C)C/C=C(\C)CN)C(C)(C)C. The van der Waals surface area contributed by atoms with Crippen molar-refractivity contribution in [2.24, 2.45) is 11.1 Å². The largest absolute Gasteiger partial charge is 0.343 e. The minimum atomic E-state index is -0.560. The zero-order chi connectivity index (χ0) is 26.0. The van der Waals surface area contributed by atoms with Gasteiger partial charge in [0.25, 0.3) is 0 Å². The summed E-state index contributed by atoms with van der Waals surface area (Å²) in [6, 6.07) is 9.96. The van der Waals surface area contributed by atoms with E-state index >= 15 is 0 Å². The Bertz CT molecular complexity index is 679. The molecule has 0 aliphatic heterocycles. The molecule has 6 nitrogen and oxygen atoms in total. The highest BCUT2D eigenvalue weighted by atomic mass is 16.2. The van der Waals surface area contributed by atoms with Crippen LogP contribution in [0, 0.1) is 5.41 Å². The van der Waals surface area contributed by atoms with Crippen molar-refractivity contribution in [2.45, 2.75) is 73.8 Å². The maximum absolute atomic E-state index is 12.6. The van der Waals surface area contributed by atoms with Crippen LogP contribution in [0.4, 0.5) is 0 Å². The molecule has 0 aliphatic rings. The average Bonchev–Trinajstić information content (AvgIpc) is 2.76. The Morgan fingerprint density at radius 2 is 1.64 bits per heavy atom. The highest BCUT2D eigenvalue weighted by Gasteiger charge is 2.34. The van der Waals surface area contributed by atoms with E-state index in [9.17, 15) is 9.59 Å². The third-order valence-electron chi connectivity index (χ3n) is 4.63. The molecule has 0 heterocycles.